The number of halogens is 2. The fraction of sp³-hybridized carbons (Fsp3) is 0.909. The fourth-order valence-electron chi connectivity index (χ4n) is 5.20. The lowest BCUT2D eigenvalue weighted by Gasteiger charge is -2.44. The zero-order chi connectivity index (χ0) is 20.5. The molecule has 9 heteroatoms. The zero-order valence-electron chi connectivity index (χ0n) is 19.0. The molecule has 182 valence electrons. The maximum Gasteiger partial charge on any atom is 0.325 e. The van der Waals surface area contributed by atoms with E-state index in [4.69, 9.17) is 4.74 Å². The quantitative estimate of drug-likeness (QED) is 0.300. The number of nitrogens with one attached hydrogen (secondary N) is 2. The van der Waals surface area contributed by atoms with E-state index in [0.29, 0.717) is 12.5 Å². The van der Waals surface area contributed by atoms with Crippen molar-refractivity contribution in [3.05, 3.63) is 0 Å². The first-order chi connectivity index (χ1) is 14.2. The highest BCUT2D eigenvalue weighted by Gasteiger charge is 2.39. The zero-order valence-corrected chi connectivity index (χ0v) is 20.6. The van der Waals surface area contributed by atoms with Gasteiger partial charge in [0.25, 0.3) is 0 Å². The topological polar surface area (TPSA) is 73.9 Å². The van der Waals surface area contributed by atoms with Gasteiger partial charge in [0, 0.05) is 45.1 Å². The number of ether oxygens (including phenoxy) is 1. The van der Waals surface area contributed by atoms with E-state index in [-0.39, 0.29) is 36.8 Å². The van der Waals surface area contributed by atoms with Crippen LogP contribution in [0.2, 0.25) is 0 Å². The summed E-state index contributed by atoms with van der Waals surface area (Å²) in [6.45, 7) is 8.28. The van der Waals surface area contributed by atoms with Gasteiger partial charge >= 0.3 is 5.97 Å². The fourth-order valence-corrected chi connectivity index (χ4v) is 5.20. The smallest absolute Gasteiger partial charge is 0.325 e. The second-order valence-corrected chi connectivity index (χ2v) is 8.95. The van der Waals surface area contributed by atoms with Crippen molar-refractivity contribution in [1.29, 1.82) is 0 Å². The van der Waals surface area contributed by atoms with Gasteiger partial charge in [-0.1, -0.05) is 26.2 Å². The molecular formula is C22H42Cl2N4O3. The molecule has 0 aromatic carbocycles. The number of piperazine rings is 1. The molecule has 1 atom stereocenters. The van der Waals surface area contributed by atoms with Crippen LogP contribution < -0.4 is 10.6 Å². The summed E-state index contributed by atoms with van der Waals surface area (Å²) >= 11 is 0. The highest BCUT2D eigenvalue weighted by Crippen LogP contribution is 2.30. The Morgan fingerprint density at radius 3 is 2.35 bits per heavy atom. The molecule has 2 saturated heterocycles. The normalized spacial score (nSPS) is 23.6. The Hall–Kier alpha value is -0.600. The number of hydrogen-bond donors (Lipinski definition) is 2. The molecule has 0 bridgehead atoms. The summed E-state index contributed by atoms with van der Waals surface area (Å²) in [5, 5.41) is 6.28. The summed E-state index contributed by atoms with van der Waals surface area (Å²) in [6, 6.07) is 0.485. The van der Waals surface area contributed by atoms with Gasteiger partial charge in [0.2, 0.25) is 6.41 Å². The van der Waals surface area contributed by atoms with Gasteiger partial charge in [0.05, 0.1) is 0 Å². The molecule has 3 aliphatic rings. The first kappa shape index (κ1) is 28.4. The standard InChI is InChI=1S/C22H40N4O3.2ClH/c1-2-3-7-20(21(28)29-22(24-18-27)10-5-4-6-11-22)26-16-14-25(15-17-26)19-8-12-23-13-9-19;;/h18-20,23H,2-17H2,1H3,(H,24,27);2*1H. The molecule has 1 saturated carbocycles. The molecular weight excluding hydrogens is 439 g/mol. The van der Waals surface area contributed by atoms with Crippen LogP contribution in [-0.2, 0) is 14.3 Å². The van der Waals surface area contributed by atoms with Crippen LogP contribution in [0.25, 0.3) is 0 Å². The van der Waals surface area contributed by atoms with Crippen LogP contribution in [0.4, 0.5) is 0 Å². The van der Waals surface area contributed by atoms with Gasteiger partial charge in [-0.25, -0.2) is 0 Å². The molecule has 31 heavy (non-hydrogen) atoms. The molecule has 0 aromatic heterocycles. The lowest BCUT2D eigenvalue weighted by atomic mass is 9.91. The van der Waals surface area contributed by atoms with Crippen LogP contribution in [-0.4, -0.2) is 79.3 Å². The van der Waals surface area contributed by atoms with E-state index in [1.165, 1.54) is 12.8 Å². The third-order valence-electron chi connectivity index (χ3n) is 7.00. The van der Waals surface area contributed by atoms with Crippen molar-refractivity contribution < 1.29 is 14.3 Å². The molecule has 2 N–H and O–H groups in total. The molecule has 2 aliphatic heterocycles. The molecule has 1 unspecified atom stereocenters. The predicted molar refractivity (Wildman–Crippen MR) is 128 cm³/mol. The number of amides is 1. The third-order valence-corrected chi connectivity index (χ3v) is 7.00. The van der Waals surface area contributed by atoms with Crippen molar-refractivity contribution in [2.24, 2.45) is 0 Å². The number of nitrogens with zero attached hydrogens (tertiary/aromatic N) is 2. The minimum absolute atomic E-state index is 0. The molecule has 1 aliphatic carbocycles. The maximum atomic E-state index is 13.2. The van der Waals surface area contributed by atoms with E-state index >= 15 is 0 Å². The average Bonchev–Trinajstić information content (AvgIpc) is 2.76. The molecule has 1 amide bonds. The minimum Gasteiger partial charge on any atom is -0.438 e. The Kier molecular flexibility index (Phi) is 13.3. The van der Waals surface area contributed by atoms with Gasteiger partial charge < -0.3 is 15.4 Å². The average molecular weight is 482 g/mol. The van der Waals surface area contributed by atoms with Crippen LogP contribution in [0.3, 0.4) is 0 Å². The summed E-state index contributed by atoms with van der Waals surface area (Å²) in [4.78, 5) is 29.3. The van der Waals surface area contributed by atoms with Gasteiger partial charge in [-0.2, -0.15) is 0 Å². The maximum absolute atomic E-state index is 13.2. The molecule has 0 radical (unpaired) electrons. The molecule has 3 fully saturated rings. The number of esters is 1. The summed E-state index contributed by atoms with van der Waals surface area (Å²) in [6.07, 6.45) is 10.6. The van der Waals surface area contributed by atoms with Crippen molar-refractivity contribution in [3.63, 3.8) is 0 Å². The minimum atomic E-state index is -0.793. The van der Waals surface area contributed by atoms with Crippen molar-refractivity contribution in [1.82, 2.24) is 20.4 Å². The van der Waals surface area contributed by atoms with Crippen LogP contribution in [0.15, 0.2) is 0 Å². The number of rotatable bonds is 9. The predicted octanol–water partition coefficient (Wildman–Crippen LogP) is 2.71. The van der Waals surface area contributed by atoms with Crippen LogP contribution in [0, 0.1) is 0 Å². The number of carbonyl (C=O) groups is 2. The van der Waals surface area contributed by atoms with Crippen molar-refractivity contribution in [3.8, 4) is 0 Å². The largest absolute Gasteiger partial charge is 0.438 e. The van der Waals surface area contributed by atoms with Crippen LogP contribution in [0.1, 0.15) is 71.1 Å². The van der Waals surface area contributed by atoms with E-state index in [0.717, 1.165) is 90.6 Å². The van der Waals surface area contributed by atoms with Gasteiger partial charge in [-0.3, -0.25) is 19.4 Å². The lowest BCUT2D eigenvalue weighted by Crippen LogP contribution is -2.58. The second-order valence-electron chi connectivity index (χ2n) is 8.95. The number of unbranched alkanes of at least 4 members (excludes halogenated alkanes) is 1. The van der Waals surface area contributed by atoms with E-state index in [2.05, 4.69) is 27.4 Å². The molecule has 0 spiro atoms. The summed E-state index contributed by atoms with van der Waals surface area (Å²) in [5.74, 6) is -0.148. The van der Waals surface area contributed by atoms with Gasteiger partial charge in [-0.05, 0) is 45.2 Å². The highest BCUT2D eigenvalue weighted by molar-refractivity contribution is 5.85. The second kappa shape index (κ2) is 14.5. The molecule has 0 aromatic rings. The summed E-state index contributed by atoms with van der Waals surface area (Å²) in [7, 11) is 0. The lowest BCUT2D eigenvalue weighted by molar-refractivity contribution is -0.175. The molecule has 3 rings (SSSR count). The van der Waals surface area contributed by atoms with Crippen molar-refractivity contribution in [2.75, 3.05) is 39.3 Å². The molecule has 7 nitrogen and oxygen atoms in total. The number of carbonyl (C=O) groups excluding carboxylic acids is 2. The van der Waals surface area contributed by atoms with Gasteiger partial charge in [-0.15, -0.1) is 24.8 Å². The van der Waals surface area contributed by atoms with Gasteiger partial charge in [0.15, 0.2) is 5.72 Å². The molecule has 2 heterocycles. The van der Waals surface area contributed by atoms with Gasteiger partial charge in [0.1, 0.15) is 6.04 Å². The Morgan fingerprint density at radius 1 is 1.13 bits per heavy atom. The monoisotopic (exact) mass is 480 g/mol. The Labute approximate surface area is 200 Å². The van der Waals surface area contributed by atoms with Crippen LogP contribution in [0.5, 0.6) is 0 Å². The number of piperidine rings is 1. The van der Waals surface area contributed by atoms with E-state index in [1.807, 2.05) is 0 Å². The van der Waals surface area contributed by atoms with E-state index in [1.54, 1.807) is 0 Å². The third kappa shape index (κ3) is 8.04. The Bertz CT molecular complexity index is 521. The SMILES string of the molecule is CCCCC(C(=O)OC1(NC=O)CCCCC1)N1CCN(C2CCNCC2)CC1.Cl.Cl. The van der Waals surface area contributed by atoms with Crippen molar-refractivity contribution in [2.45, 2.75) is 88.9 Å². The van der Waals surface area contributed by atoms with Crippen LogP contribution >= 0.6 is 24.8 Å². The van der Waals surface area contributed by atoms with E-state index < -0.39 is 5.72 Å². The Morgan fingerprint density at radius 2 is 1.77 bits per heavy atom. The van der Waals surface area contributed by atoms with E-state index in [9.17, 15) is 9.59 Å². The highest BCUT2D eigenvalue weighted by atomic mass is 35.5. The Balaban J connectivity index is 0.00000240. The first-order valence-electron chi connectivity index (χ1n) is 11.8. The first-order valence-corrected chi connectivity index (χ1v) is 11.8. The van der Waals surface area contributed by atoms with Crippen molar-refractivity contribution >= 4 is 37.2 Å². The number of hydrogen-bond acceptors (Lipinski definition) is 6. The summed E-state index contributed by atoms with van der Waals surface area (Å²) < 4.78 is 6.03. The summed E-state index contributed by atoms with van der Waals surface area (Å²) in [5.41, 5.74) is -0.793.